The van der Waals surface area contributed by atoms with Crippen LogP contribution in [-0.2, 0) is 4.79 Å². The maximum absolute atomic E-state index is 11.8. The molecule has 0 fully saturated rings. The number of hydrogen-bond donors (Lipinski definition) is 1. The molecule has 0 aromatic heterocycles. The minimum absolute atomic E-state index is 0.0236. The van der Waals surface area contributed by atoms with E-state index in [4.69, 9.17) is 0 Å². The number of aromatic hydroxyl groups is 1. The number of phenols is 1. The fourth-order valence-electron chi connectivity index (χ4n) is 1.74. The SMILES string of the molecule is CC(C)=CCCC(=O)CCC(=O)c1ccccc1O. The van der Waals surface area contributed by atoms with Gasteiger partial charge < -0.3 is 5.11 Å². The summed E-state index contributed by atoms with van der Waals surface area (Å²) in [6.45, 7) is 3.98. The van der Waals surface area contributed by atoms with E-state index in [1.165, 1.54) is 11.6 Å². The van der Waals surface area contributed by atoms with Crippen molar-refractivity contribution in [2.24, 2.45) is 0 Å². The third-order valence-electron chi connectivity index (χ3n) is 2.81. The summed E-state index contributed by atoms with van der Waals surface area (Å²) in [6, 6.07) is 6.41. The molecule has 0 radical (unpaired) electrons. The summed E-state index contributed by atoms with van der Waals surface area (Å²) < 4.78 is 0. The molecule has 1 aromatic rings. The van der Waals surface area contributed by atoms with Gasteiger partial charge in [-0.25, -0.2) is 0 Å². The number of allylic oxidation sites excluding steroid dienone is 2. The highest BCUT2D eigenvalue weighted by atomic mass is 16.3. The van der Waals surface area contributed by atoms with Crippen molar-refractivity contribution in [2.45, 2.75) is 39.5 Å². The zero-order valence-corrected chi connectivity index (χ0v) is 11.5. The summed E-state index contributed by atoms with van der Waals surface area (Å²) in [6.07, 6.45) is 3.61. The maximum atomic E-state index is 11.8. The summed E-state index contributed by atoms with van der Waals surface area (Å²) in [5, 5.41) is 9.54. The summed E-state index contributed by atoms with van der Waals surface area (Å²) in [5.74, 6) is -0.126. The smallest absolute Gasteiger partial charge is 0.167 e. The first kappa shape index (κ1) is 15.2. The fourth-order valence-corrected chi connectivity index (χ4v) is 1.74. The van der Waals surface area contributed by atoms with Gasteiger partial charge in [-0.1, -0.05) is 23.8 Å². The summed E-state index contributed by atoms with van der Waals surface area (Å²) in [7, 11) is 0. The Kier molecular flexibility index (Phi) is 6.00. The molecule has 3 nitrogen and oxygen atoms in total. The lowest BCUT2D eigenvalue weighted by Gasteiger charge is -2.03. The van der Waals surface area contributed by atoms with Crippen molar-refractivity contribution in [3.8, 4) is 5.75 Å². The number of hydrogen-bond acceptors (Lipinski definition) is 3. The number of benzene rings is 1. The fraction of sp³-hybridized carbons (Fsp3) is 0.375. The molecule has 0 spiro atoms. The zero-order valence-electron chi connectivity index (χ0n) is 11.5. The number of carbonyl (C=O) groups is 2. The van der Waals surface area contributed by atoms with Crippen LogP contribution in [0.15, 0.2) is 35.9 Å². The number of Topliss-reactive ketones (excluding diaryl/α,β-unsaturated/α-hetero) is 2. The first-order valence-corrected chi connectivity index (χ1v) is 6.47. The molecule has 0 unspecified atom stereocenters. The molecule has 0 saturated carbocycles. The average Bonchev–Trinajstić information content (AvgIpc) is 2.36. The van der Waals surface area contributed by atoms with E-state index in [9.17, 15) is 14.7 Å². The van der Waals surface area contributed by atoms with E-state index in [1.54, 1.807) is 18.2 Å². The van der Waals surface area contributed by atoms with Crippen LogP contribution in [0.25, 0.3) is 0 Å². The molecule has 0 aliphatic heterocycles. The van der Waals surface area contributed by atoms with Crippen LogP contribution in [0.1, 0.15) is 49.9 Å². The summed E-state index contributed by atoms with van der Waals surface area (Å²) >= 11 is 0. The van der Waals surface area contributed by atoms with Gasteiger partial charge in [0.1, 0.15) is 11.5 Å². The van der Waals surface area contributed by atoms with Crippen LogP contribution in [-0.4, -0.2) is 16.7 Å². The lowest BCUT2D eigenvalue weighted by molar-refractivity contribution is -0.118. The Labute approximate surface area is 114 Å². The van der Waals surface area contributed by atoms with Crippen LogP contribution in [0, 0.1) is 0 Å². The van der Waals surface area contributed by atoms with Gasteiger partial charge in [0.15, 0.2) is 5.78 Å². The molecule has 0 heterocycles. The lowest BCUT2D eigenvalue weighted by atomic mass is 10.0. The largest absolute Gasteiger partial charge is 0.507 e. The van der Waals surface area contributed by atoms with Crippen LogP contribution in [0.3, 0.4) is 0 Å². The molecule has 0 saturated heterocycles. The van der Waals surface area contributed by atoms with E-state index in [0.29, 0.717) is 12.0 Å². The highest BCUT2D eigenvalue weighted by Gasteiger charge is 2.12. The topological polar surface area (TPSA) is 54.4 Å². The van der Waals surface area contributed by atoms with Crippen LogP contribution in [0.4, 0.5) is 0 Å². The van der Waals surface area contributed by atoms with Crippen LogP contribution < -0.4 is 0 Å². The van der Waals surface area contributed by atoms with E-state index in [1.807, 2.05) is 19.9 Å². The van der Waals surface area contributed by atoms with Gasteiger partial charge in [-0.15, -0.1) is 0 Å². The standard InChI is InChI=1S/C16H20O3/c1-12(2)6-5-7-13(17)10-11-16(19)14-8-3-4-9-15(14)18/h3-4,6,8-9,18H,5,7,10-11H2,1-2H3. The zero-order chi connectivity index (χ0) is 14.3. The molecular formula is C16H20O3. The Hall–Kier alpha value is -1.90. The summed E-state index contributed by atoms with van der Waals surface area (Å²) in [4.78, 5) is 23.4. The Bertz CT molecular complexity index is 483. The van der Waals surface area contributed by atoms with Crippen molar-refractivity contribution in [3.63, 3.8) is 0 Å². The Morgan fingerprint density at radius 2 is 1.79 bits per heavy atom. The van der Waals surface area contributed by atoms with Crippen LogP contribution in [0.5, 0.6) is 5.75 Å². The predicted octanol–water partition coefficient (Wildman–Crippen LogP) is 3.67. The van der Waals surface area contributed by atoms with Crippen molar-refractivity contribution in [1.29, 1.82) is 0 Å². The van der Waals surface area contributed by atoms with Gasteiger partial charge in [0, 0.05) is 19.3 Å². The summed E-state index contributed by atoms with van der Waals surface area (Å²) in [5.41, 5.74) is 1.48. The van der Waals surface area contributed by atoms with Crippen molar-refractivity contribution < 1.29 is 14.7 Å². The first-order chi connectivity index (χ1) is 9.00. The normalized spacial score (nSPS) is 10.0. The van der Waals surface area contributed by atoms with Gasteiger partial charge in [0.25, 0.3) is 0 Å². The Balaban J connectivity index is 2.41. The number of para-hydroxylation sites is 1. The molecule has 1 rings (SSSR count). The second kappa shape index (κ2) is 7.52. The minimum atomic E-state index is -0.186. The highest BCUT2D eigenvalue weighted by Crippen LogP contribution is 2.18. The molecule has 0 atom stereocenters. The van der Waals surface area contributed by atoms with Crippen molar-refractivity contribution in [2.75, 3.05) is 0 Å². The molecule has 0 bridgehead atoms. The first-order valence-electron chi connectivity index (χ1n) is 6.47. The second-order valence-electron chi connectivity index (χ2n) is 4.80. The molecular weight excluding hydrogens is 240 g/mol. The van der Waals surface area contributed by atoms with Crippen molar-refractivity contribution in [1.82, 2.24) is 0 Å². The van der Waals surface area contributed by atoms with E-state index < -0.39 is 0 Å². The van der Waals surface area contributed by atoms with E-state index in [-0.39, 0.29) is 30.2 Å². The molecule has 0 amide bonds. The van der Waals surface area contributed by atoms with Gasteiger partial charge in [0.05, 0.1) is 5.56 Å². The molecule has 0 aliphatic carbocycles. The molecule has 3 heteroatoms. The highest BCUT2D eigenvalue weighted by molar-refractivity contribution is 6.00. The number of phenolic OH excluding ortho intramolecular Hbond substituents is 1. The maximum Gasteiger partial charge on any atom is 0.167 e. The monoisotopic (exact) mass is 260 g/mol. The predicted molar refractivity (Wildman–Crippen MR) is 75.3 cm³/mol. The molecule has 102 valence electrons. The van der Waals surface area contributed by atoms with Gasteiger partial charge in [-0.2, -0.15) is 0 Å². The van der Waals surface area contributed by atoms with Crippen LogP contribution in [0.2, 0.25) is 0 Å². The Morgan fingerprint density at radius 1 is 1.11 bits per heavy atom. The number of ketones is 2. The van der Waals surface area contributed by atoms with E-state index >= 15 is 0 Å². The average molecular weight is 260 g/mol. The molecule has 19 heavy (non-hydrogen) atoms. The Morgan fingerprint density at radius 3 is 2.42 bits per heavy atom. The van der Waals surface area contributed by atoms with Gasteiger partial charge in [-0.3, -0.25) is 9.59 Å². The van der Waals surface area contributed by atoms with Gasteiger partial charge >= 0.3 is 0 Å². The number of rotatable bonds is 7. The third-order valence-corrected chi connectivity index (χ3v) is 2.81. The quantitative estimate of drug-likeness (QED) is 0.601. The lowest BCUT2D eigenvalue weighted by Crippen LogP contribution is -2.04. The van der Waals surface area contributed by atoms with Gasteiger partial charge in [-0.05, 0) is 32.4 Å². The van der Waals surface area contributed by atoms with Crippen LogP contribution >= 0.6 is 0 Å². The second-order valence-corrected chi connectivity index (χ2v) is 4.80. The van der Waals surface area contributed by atoms with Gasteiger partial charge in [0.2, 0.25) is 0 Å². The van der Waals surface area contributed by atoms with Crippen molar-refractivity contribution >= 4 is 11.6 Å². The third kappa shape index (κ3) is 5.51. The van der Waals surface area contributed by atoms with E-state index in [2.05, 4.69) is 0 Å². The molecule has 0 aliphatic rings. The minimum Gasteiger partial charge on any atom is -0.507 e. The van der Waals surface area contributed by atoms with E-state index in [0.717, 1.165) is 6.42 Å². The van der Waals surface area contributed by atoms with Crippen molar-refractivity contribution in [3.05, 3.63) is 41.5 Å². The molecule has 1 aromatic carbocycles. The molecule has 1 N–H and O–H groups in total. The number of carbonyl (C=O) groups excluding carboxylic acids is 2.